The Kier molecular flexibility index (Phi) is 6.74. The Balaban J connectivity index is 2.07. The number of nitrogens with zero attached hydrogens (tertiary/aromatic N) is 1. The molecular formula is C17H27FN2O3S. The summed E-state index contributed by atoms with van der Waals surface area (Å²) in [7, 11) is -3.72. The minimum atomic E-state index is -3.72. The van der Waals surface area contributed by atoms with Crippen LogP contribution in [0.2, 0.25) is 0 Å². The highest BCUT2D eigenvalue weighted by atomic mass is 32.2. The first-order valence-electron chi connectivity index (χ1n) is 8.37. The van der Waals surface area contributed by atoms with Crippen molar-refractivity contribution in [2.75, 3.05) is 32.8 Å². The molecule has 1 fully saturated rings. The molecule has 1 aromatic rings. The summed E-state index contributed by atoms with van der Waals surface area (Å²) in [6, 6.07) is 4.10. The molecule has 1 aliphatic heterocycles. The van der Waals surface area contributed by atoms with Gasteiger partial charge in [0.2, 0.25) is 10.0 Å². The second kappa shape index (κ2) is 8.38. The first-order valence-corrected chi connectivity index (χ1v) is 9.85. The maximum absolute atomic E-state index is 13.7. The minimum Gasteiger partial charge on any atom is -0.379 e. The summed E-state index contributed by atoms with van der Waals surface area (Å²) in [4.78, 5) is 2.23. The van der Waals surface area contributed by atoms with E-state index in [4.69, 9.17) is 4.74 Å². The third-order valence-electron chi connectivity index (χ3n) is 4.27. The topological polar surface area (TPSA) is 58.6 Å². The molecule has 0 aliphatic carbocycles. The summed E-state index contributed by atoms with van der Waals surface area (Å²) in [5.74, 6) is -0.0519. The molecule has 0 bridgehead atoms. The minimum absolute atomic E-state index is 0.0316. The van der Waals surface area contributed by atoms with Gasteiger partial charge in [0.25, 0.3) is 0 Å². The number of ether oxygens (including phenoxy) is 1. The lowest BCUT2D eigenvalue weighted by Gasteiger charge is -2.35. The lowest BCUT2D eigenvalue weighted by atomic mass is 10.0. The molecule has 0 amide bonds. The van der Waals surface area contributed by atoms with Crippen molar-refractivity contribution in [3.63, 3.8) is 0 Å². The molecule has 2 rings (SSSR count). The van der Waals surface area contributed by atoms with Gasteiger partial charge in [-0.25, -0.2) is 17.5 Å². The Morgan fingerprint density at radius 3 is 2.54 bits per heavy atom. The second-order valence-corrected chi connectivity index (χ2v) is 8.46. The van der Waals surface area contributed by atoms with E-state index in [9.17, 15) is 12.8 Å². The highest BCUT2D eigenvalue weighted by molar-refractivity contribution is 7.89. The number of sulfonamides is 1. The zero-order chi connectivity index (χ0) is 17.7. The van der Waals surface area contributed by atoms with Crippen LogP contribution in [0.3, 0.4) is 0 Å². The number of morpholine rings is 1. The van der Waals surface area contributed by atoms with Gasteiger partial charge in [0.05, 0.1) is 18.1 Å². The van der Waals surface area contributed by atoms with Crippen molar-refractivity contribution >= 4 is 10.0 Å². The van der Waals surface area contributed by atoms with E-state index in [1.807, 2.05) is 0 Å². The molecule has 1 heterocycles. The van der Waals surface area contributed by atoms with Gasteiger partial charge in [-0.3, -0.25) is 4.90 Å². The predicted molar refractivity (Wildman–Crippen MR) is 92.0 cm³/mol. The van der Waals surface area contributed by atoms with Crippen molar-refractivity contribution in [3.05, 3.63) is 29.6 Å². The molecule has 1 aliphatic rings. The Morgan fingerprint density at radius 2 is 1.96 bits per heavy atom. The van der Waals surface area contributed by atoms with Gasteiger partial charge in [0, 0.05) is 25.7 Å². The van der Waals surface area contributed by atoms with Gasteiger partial charge in [-0.2, -0.15) is 0 Å². The maximum Gasteiger partial charge on any atom is 0.240 e. The van der Waals surface area contributed by atoms with E-state index < -0.39 is 15.8 Å². The van der Waals surface area contributed by atoms with Crippen molar-refractivity contribution in [1.29, 1.82) is 0 Å². The number of nitrogens with one attached hydrogen (secondary N) is 1. The van der Waals surface area contributed by atoms with Crippen molar-refractivity contribution in [2.24, 2.45) is 5.92 Å². The number of hydrogen-bond acceptors (Lipinski definition) is 4. The zero-order valence-corrected chi connectivity index (χ0v) is 15.4. The van der Waals surface area contributed by atoms with Crippen LogP contribution in [0.5, 0.6) is 0 Å². The molecule has 1 aromatic carbocycles. The van der Waals surface area contributed by atoms with Crippen LogP contribution >= 0.6 is 0 Å². The normalized spacial score (nSPS) is 18.0. The average Bonchev–Trinajstić information content (AvgIpc) is 2.54. The van der Waals surface area contributed by atoms with Crippen molar-refractivity contribution in [1.82, 2.24) is 9.62 Å². The summed E-state index contributed by atoms with van der Waals surface area (Å²) in [5, 5.41) is 0. The Hall–Kier alpha value is -1.02. The van der Waals surface area contributed by atoms with Gasteiger partial charge < -0.3 is 4.74 Å². The van der Waals surface area contributed by atoms with Crippen LogP contribution in [0.4, 0.5) is 4.39 Å². The van der Waals surface area contributed by atoms with Gasteiger partial charge in [0.15, 0.2) is 0 Å². The highest BCUT2D eigenvalue weighted by Crippen LogP contribution is 2.16. The largest absolute Gasteiger partial charge is 0.379 e. The molecular weight excluding hydrogens is 331 g/mol. The summed E-state index contributed by atoms with van der Waals surface area (Å²) >= 11 is 0. The van der Waals surface area contributed by atoms with Crippen molar-refractivity contribution < 1.29 is 17.5 Å². The average molecular weight is 358 g/mol. The van der Waals surface area contributed by atoms with E-state index in [0.717, 1.165) is 25.6 Å². The fourth-order valence-corrected chi connectivity index (χ4v) is 3.96. The molecule has 1 saturated heterocycles. The van der Waals surface area contributed by atoms with Gasteiger partial charge in [-0.05, 0) is 37.0 Å². The Labute approximate surface area is 144 Å². The molecule has 7 heteroatoms. The molecule has 0 radical (unpaired) electrons. The number of rotatable bonds is 7. The molecule has 0 saturated carbocycles. The molecule has 1 N–H and O–H groups in total. The maximum atomic E-state index is 13.7. The van der Waals surface area contributed by atoms with Crippen LogP contribution in [-0.4, -0.2) is 52.2 Å². The standard InChI is InChI=1S/C17H27FN2O3S/c1-13(2)10-15(20-6-8-23-9-7-20)12-19-24(21,22)16-5-4-14(3)17(18)11-16/h4-5,11,13,15,19H,6-10,12H2,1-3H3. The van der Waals surface area contributed by atoms with Gasteiger partial charge in [-0.15, -0.1) is 0 Å². The van der Waals surface area contributed by atoms with Crippen molar-refractivity contribution in [3.8, 4) is 0 Å². The molecule has 0 aromatic heterocycles. The van der Waals surface area contributed by atoms with Crippen LogP contribution in [0, 0.1) is 18.7 Å². The number of benzene rings is 1. The van der Waals surface area contributed by atoms with E-state index >= 15 is 0 Å². The SMILES string of the molecule is Cc1ccc(S(=O)(=O)NCC(CC(C)C)N2CCOCC2)cc1F. The predicted octanol–water partition coefficient (Wildman–Crippen LogP) is 2.16. The van der Waals surface area contributed by atoms with Crippen LogP contribution in [0.15, 0.2) is 23.1 Å². The van der Waals surface area contributed by atoms with Crippen LogP contribution in [0.1, 0.15) is 25.8 Å². The second-order valence-electron chi connectivity index (χ2n) is 6.69. The van der Waals surface area contributed by atoms with E-state index in [0.29, 0.717) is 31.2 Å². The first kappa shape index (κ1) is 19.3. The highest BCUT2D eigenvalue weighted by Gasteiger charge is 2.24. The fourth-order valence-electron chi connectivity index (χ4n) is 2.88. The number of halogens is 1. The smallest absolute Gasteiger partial charge is 0.240 e. The van der Waals surface area contributed by atoms with Crippen LogP contribution in [0.25, 0.3) is 0 Å². The van der Waals surface area contributed by atoms with Crippen molar-refractivity contribution in [2.45, 2.75) is 38.1 Å². The number of aryl methyl sites for hydroxylation is 1. The van der Waals surface area contributed by atoms with Crippen LogP contribution < -0.4 is 4.72 Å². The third kappa shape index (κ3) is 5.24. The summed E-state index contributed by atoms with van der Waals surface area (Å²) in [5.41, 5.74) is 0.431. The summed E-state index contributed by atoms with van der Waals surface area (Å²) in [6.45, 7) is 9.12. The van der Waals surface area contributed by atoms with E-state index in [1.165, 1.54) is 12.1 Å². The molecule has 1 atom stereocenters. The summed E-state index contributed by atoms with van der Waals surface area (Å²) in [6.07, 6.45) is 0.894. The lowest BCUT2D eigenvalue weighted by Crippen LogP contribution is -2.49. The zero-order valence-electron chi connectivity index (χ0n) is 14.6. The van der Waals surface area contributed by atoms with E-state index in [-0.39, 0.29) is 10.9 Å². The molecule has 5 nitrogen and oxygen atoms in total. The van der Waals surface area contributed by atoms with Gasteiger partial charge in [0.1, 0.15) is 5.82 Å². The monoisotopic (exact) mass is 358 g/mol. The van der Waals surface area contributed by atoms with Crippen LogP contribution in [-0.2, 0) is 14.8 Å². The Morgan fingerprint density at radius 1 is 1.29 bits per heavy atom. The lowest BCUT2D eigenvalue weighted by molar-refractivity contribution is 0.0134. The first-order chi connectivity index (χ1) is 11.3. The third-order valence-corrected chi connectivity index (χ3v) is 5.69. The number of hydrogen-bond donors (Lipinski definition) is 1. The molecule has 24 heavy (non-hydrogen) atoms. The fraction of sp³-hybridized carbons (Fsp3) is 0.647. The van der Waals surface area contributed by atoms with E-state index in [2.05, 4.69) is 23.5 Å². The van der Waals surface area contributed by atoms with E-state index in [1.54, 1.807) is 6.92 Å². The quantitative estimate of drug-likeness (QED) is 0.811. The van der Waals surface area contributed by atoms with Gasteiger partial charge in [-0.1, -0.05) is 19.9 Å². The summed E-state index contributed by atoms with van der Waals surface area (Å²) < 4.78 is 46.6. The Bertz CT molecular complexity index is 643. The molecule has 0 spiro atoms. The molecule has 136 valence electrons. The van der Waals surface area contributed by atoms with Gasteiger partial charge >= 0.3 is 0 Å². The molecule has 1 unspecified atom stereocenters.